The van der Waals surface area contributed by atoms with E-state index in [2.05, 4.69) is 15.4 Å². The Labute approximate surface area is 116 Å². The van der Waals surface area contributed by atoms with Crippen LogP contribution in [0.1, 0.15) is 25.7 Å². The Morgan fingerprint density at radius 2 is 2.16 bits per heavy atom. The number of aryl methyl sites for hydroxylation is 1. The lowest BCUT2D eigenvalue weighted by atomic mass is 10.0. The minimum Gasteiger partial charge on any atom is -0.369 e. The molecule has 0 aliphatic rings. The number of carbonyl (C=O) groups excluding carboxylic acids is 2. The summed E-state index contributed by atoms with van der Waals surface area (Å²) in [5, 5.41) is 6.90. The maximum Gasteiger partial charge on any atom is 0.230 e. The molecule has 1 aromatic heterocycles. The molecule has 0 unspecified atom stereocenters. The van der Waals surface area contributed by atoms with Crippen LogP contribution >= 0.6 is 11.8 Å². The molecule has 19 heavy (non-hydrogen) atoms. The molecule has 0 aliphatic heterocycles. The third-order valence-electron chi connectivity index (χ3n) is 2.49. The largest absolute Gasteiger partial charge is 0.369 e. The summed E-state index contributed by atoms with van der Waals surface area (Å²) < 4.78 is 1.64. The van der Waals surface area contributed by atoms with Crippen molar-refractivity contribution in [3.8, 4) is 0 Å². The number of carbonyl (C=O) groups is 2. The fourth-order valence-corrected chi connectivity index (χ4v) is 2.15. The molecule has 1 heterocycles. The highest BCUT2D eigenvalue weighted by Gasteiger charge is 2.22. The Morgan fingerprint density at radius 3 is 2.63 bits per heavy atom. The molecule has 0 aliphatic carbocycles. The third-order valence-corrected chi connectivity index (χ3v) is 3.44. The highest BCUT2D eigenvalue weighted by Crippen LogP contribution is 2.18. The van der Waals surface area contributed by atoms with E-state index in [4.69, 9.17) is 5.73 Å². The zero-order valence-electron chi connectivity index (χ0n) is 11.3. The summed E-state index contributed by atoms with van der Waals surface area (Å²) in [5.74, 6) is 0.670. The van der Waals surface area contributed by atoms with Crippen molar-refractivity contribution in [2.24, 2.45) is 18.7 Å². The number of thioether (sulfide) groups is 1. The van der Waals surface area contributed by atoms with Crippen LogP contribution in [0, 0.1) is 5.92 Å². The van der Waals surface area contributed by atoms with Crippen LogP contribution in [-0.4, -0.2) is 38.1 Å². The number of amides is 2. The topological polar surface area (TPSA) is 103 Å². The zero-order valence-corrected chi connectivity index (χ0v) is 12.1. The van der Waals surface area contributed by atoms with Gasteiger partial charge < -0.3 is 11.1 Å². The second kappa shape index (κ2) is 7.13. The minimum atomic E-state index is -0.425. The van der Waals surface area contributed by atoms with Crippen molar-refractivity contribution in [2.45, 2.75) is 19.9 Å². The van der Waals surface area contributed by atoms with Gasteiger partial charge in [0.1, 0.15) is 12.2 Å². The summed E-state index contributed by atoms with van der Waals surface area (Å²) in [5.41, 5.74) is 5.01. The van der Waals surface area contributed by atoms with Gasteiger partial charge in [0.25, 0.3) is 0 Å². The molecule has 7 nitrogen and oxygen atoms in total. The molecule has 0 bridgehead atoms. The Kier molecular flexibility index (Phi) is 5.81. The summed E-state index contributed by atoms with van der Waals surface area (Å²) >= 11 is 1.20. The molecule has 106 valence electrons. The fraction of sp³-hybridized carbons (Fsp3) is 0.636. The van der Waals surface area contributed by atoms with E-state index >= 15 is 0 Å². The van der Waals surface area contributed by atoms with Gasteiger partial charge in [-0.05, 0) is 5.92 Å². The molecule has 1 atom stereocenters. The number of hydrogen-bond donors (Lipinski definition) is 2. The van der Waals surface area contributed by atoms with Gasteiger partial charge in [0, 0.05) is 7.05 Å². The predicted molar refractivity (Wildman–Crippen MR) is 73.2 cm³/mol. The van der Waals surface area contributed by atoms with Crippen molar-refractivity contribution < 1.29 is 9.59 Å². The van der Waals surface area contributed by atoms with Crippen LogP contribution < -0.4 is 11.1 Å². The third kappa shape index (κ3) is 4.90. The van der Waals surface area contributed by atoms with E-state index in [1.807, 2.05) is 13.8 Å². The first kappa shape index (κ1) is 15.5. The summed E-state index contributed by atoms with van der Waals surface area (Å²) in [7, 11) is 1.78. The van der Waals surface area contributed by atoms with E-state index in [0.717, 1.165) is 0 Å². The molecule has 8 heteroatoms. The molecule has 0 saturated heterocycles. The van der Waals surface area contributed by atoms with E-state index in [-0.39, 0.29) is 29.4 Å². The maximum absolute atomic E-state index is 11.8. The first-order chi connectivity index (χ1) is 8.91. The average Bonchev–Trinajstić information content (AvgIpc) is 2.71. The normalized spacial score (nSPS) is 12.4. The van der Waals surface area contributed by atoms with Gasteiger partial charge in [-0.15, -0.1) is 11.8 Å². The highest BCUT2D eigenvalue weighted by atomic mass is 32.2. The monoisotopic (exact) mass is 285 g/mol. The number of primary amides is 1. The van der Waals surface area contributed by atoms with Crippen molar-refractivity contribution in [2.75, 3.05) is 11.5 Å². The van der Waals surface area contributed by atoms with E-state index in [1.54, 1.807) is 11.7 Å². The average molecular weight is 285 g/mol. The second-order valence-electron chi connectivity index (χ2n) is 4.49. The Bertz CT molecular complexity index is 446. The Balaban J connectivity index is 2.58. The van der Waals surface area contributed by atoms with E-state index < -0.39 is 5.91 Å². The van der Waals surface area contributed by atoms with Crippen LogP contribution in [0.4, 0.5) is 0 Å². The molecule has 1 aromatic rings. The number of rotatable bonds is 7. The number of nitrogens with one attached hydrogen (secondary N) is 1. The summed E-state index contributed by atoms with van der Waals surface area (Å²) in [4.78, 5) is 26.6. The van der Waals surface area contributed by atoms with Crippen molar-refractivity contribution in [1.82, 2.24) is 20.1 Å². The van der Waals surface area contributed by atoms with Crippen molar-refractivity contribution in [3.63, 3.8) is 0 Å². The van der Waals surface area contributed by atoms with Gasteiger partial charge >= 0.3 is 0 Å². The van der Waals surface area contributed by atoms with Gasteiger partial charge in [-0.3, -0.25) is 14.3 Å². The Hall–Kier alpha value is -1.57. The fourth-order valence-electron chi connectivity index (χ4n) is 1.58. The molecule has 0 fully saturated rings. The maximum atomic E-state index is 11.8. The smallest absolute Gasteiger partial charge is 0.230 e. The molecule has 0 saturated carbocycles. The van der Waals surface area contributed by atoms with Gasteiger partial charge in [-0.1, -0.05) is 13.8 Å². The van der Waals surface area contributed by atoms with Crippen molar-refractivity contribution in [3.05, 3.63) is 12.2 Å². The molecule has 0 aromatic carbocycles. The second-order valence-corrected chi connectivity index (χ2v) is 5.48. The number of hydrogen-bond acceptors (Lipinski definition) is 5. The first-order valence-electron chi connectivity index (χ1n) is 5.91. The minimum absolute atomic E-state index is 0.143. The first-order valence-corrected chi connectivity index (χ1v) is 7.06. The predicted octanol–water partition coefficient (Wildman–Crippen LogP) is -0.153. The number of nitrogens with two attached hydrogens (primary N) is 1. The lowest BCUT2D eigenvalue weighted by Crippen LogP contribution is -2.35. The molecular formula is C11H19N5O2S. The quantitative estimate of drug-likeness (QED) is 0.725. The SMILES string of the molecule is CC(C)[C@H](NC(=O)CSCC(N)=O)c1ncnn1C. The number of nitrogens with zero attached hydrogens (tertiary/aromatic N) is 3. The van der Waals surface area contributed by atoms with E-state index in [9.17, 15) is 9.59 Å². The number of aromatic nitrogens is 3. The molecule has 0 spiro atoms. The van der Waals surface area contributed by atoms with Gasteiger partial charge in [-0.25, -0.2) is 4.98 Å². The van der Waals surface area contributed by atoms with Gasteiger partial charge in [0.05, 0.1) is 17.5 Å². The molecule has 3 N–H and O–H groups in total. The summed E-state index contributed by atoms with van der Waals surface area (Å²) in [6.07, 6.45) is 1.46. The van der Waals surface area contributed by atoms with Crippen LogP contribution in [0.3, 0.4) is 0 Å². The summed E-state index contributed by atoms with van der Waals surface area (Å²) in [6, 6.07) is -0.200. The highest BCUT2D eigenvalue weighted by molar-refractivity contribution is 8.00. The van der Waals surface area contributed by atoms with Crippen molar-refractivity contribution in [1.29, 1.82) is 0 Å². The van der Waals surface area contributed by atoms with E-state index in [1.165, 1.54) is 18.1 Å². The zero-order chi connectivity index (χ0) is 14.4. The molecule has 1 rings (SSSR count). The van der Waals surface area contributed by atoms with Crippen LogP contribution in [0.25, 0.3) is 0 Å². The molecule has 2 amide bonds. The summed E-state index contributed by atoms with van der Waals surface area (Å²) in [6.45, 7) is 3.99. The van der Waals surface area contributed by atoms with Gasteiger partial charge in [0.15, 0.2) is 0 Å². The van der Waals surface area contributed by atoms with Crippen LogP contribution in [0.15, 0.2) is 6.33 Å². The van der Waals surface area contributed by atoms with E-state index in [0.29, 0.717) is 5.82 Å². The standard InChI is InChI=1S/C11H19N5O2S/c1-7(2)10(11-13-6-14-16(11)3)15-9(18)5-19-4-8(12)17/h6-7,10H,4-5H2,1-3H3,(H2,12,17)(H,15,18)/t10-/m0/s1. The van der Waals surface area contributed by atoms with Gasteiger partial charge in [0.2, 0.25) is 11.8 Å². The van der Waals surface area contributed by atoms with Crippen molar-refractivity contribution >= 4 is 23.6 Å². The van der Waals surface area contributed by atoms with Crippen LogP contribution in [0.2, 0.25) is 0 Å². The Morgan fingerprint density at radius 1 is 1.47 bits per heavy atom. The molecular weight excluding hydrogens is 266 g/mol. The lowest BCUT2D eigenvalue weighted by Gasteiger charge is -2.21. The van der Waals surface area contributed by atoms with Crippen LogP contribution in [0.5, 0.6) is 0 Å². The van der Waals surface area contributed by atoms with Gasteiger partial charge in [-0.2, -0.15) is 5.10 Å². The van der Waals surface area contributed by atoms with Crippen LogP contribution in [-0.2, 0) is 16.6 Å². The lowest BCUT2D eigenvalue weighted by molar-refractivity contribution is -0.119. The molecule has 0 radical (unpaired) electrons.